The highest BCUT2D eigenvalue weighted by Gasteiger charge is 2.47. The standard InChI is InChI=1S/C14H23NO5/c1-2-17-14(16)12-9-10-11(6-7-15(10)20-12)19-13-5-3-4-8-18-13/h10-13H,2-9H2,1H3/t10-,11+,12?,13?/m1/s1. The van der Waals surface area contributed by atoms with Crippen LogP contribution in [-0.2, 0) is 23.8 Å². The quantitative estimate of drug-likeness (QED) is 0.724. The average Bonchev–Trinajstić information content (AvgIpc) is 3.02. The molecular weight excluding hydrogens is 262 g/mol. The van der Waals surface area contributed by atoms with Gasteiger partial charge in [-0.2, -0.15) is 5.06 Å². The molecule has 3 aliphatic heterocycles. The lowest BCUT2D eigenvalue weighted by Gasteiger charge is -2.28. The van der Waals surface area contributed by atoms with Crippen molar-refractivity contribution < 1.29 is 23.8 Å². The summed E-state index contributed by atoms with van der Waals surface area (Å²) in [5, 5.41) is 1.88. The van der Waals surface area contributed by atoms with Gasteiger partial charge in [0.1, 0.15) is 0 Å². The Hall–Kier alpha value is -0.690. The number of hydrogen-bond acceptors (Lipinski definition) is 6. The lowest BCUT2D eigenvalue weighted by atomic mass is 10.1. The van der Waals surface area contributed by atoms with Crippen LogP contribution < -0.4 is 0 Å². The van der Waals surface area contributed by atoms with Crippen LogP contribution in [0, 0.1) is 0 Å². The summed E-state index contributed by atoms with van der Waals surface area (Å²) in [6.45, 7) is 3.78. The normalized spacial score (nSPS) is 37.9. The predicted molar refractivity (Wildman–Crippen MR) is 69.7 cm³/mol. The zero-order chi connectivity index (χ0) is 13.9. The van der Waals surface area contributed by atoms with Crippen LogP contribution in [0.3, 0.4) is 0 Å². The van der Waals surface area contributed by atoms with E-state index < -0.39 is 6.10 Å². The molecular formula is C14H23NO5. The minimum atomic E-state index is -0.473. The van der Waals surface area contributed by atoms with Crippen LogP contribution in [0.25, 0.3) is 0 Å². The molecule has 0 spiro atoms. The number of carbonyl (C=O) groups is 1. The van der Waals surface area contributed by atoms with Gasteiger partial charge in [-0.3, -0.25) is 4.84 Å². The summed E-state index contributed by atoms with van der Waals surface area (Å²) >= 11 is 0. The molecule has 0 aliphatic carbocycles. The Labute approximate surface area is 119 Å². The van der Waals surface area contributed by atoms with E-state index in [-0.39, 0.29) is 24.4 Å². The lowest BCUT2D eigenvalue weighted by Crippen LogP contribution is -2.35. The van der Waals surface area contributed by atoms with Crippen LogP contribution in [0.2, 0.25) is 0 Å². The molecule has 0 saturated carbocycles. The maximum absolute atomic E-state index is 11.7. The van der Waals surface area contributed by atoms with Crippen molar-refractivity contribution in [1.82, 2.24) is 5.06 Å². The van der Waals surface area contributed by atoms with E-state index in [1.807, 2.05) is 5.06 Å². The molecule has 2 unspecified atom stereocenters. The number of nitrogens with zero attached hydrogens (tertiary/aromatic N) is 1. The first-order valence-electron chi connectivity index (χ1n) is 7.65. The first-order chi connectivity index (χ1) is 9.78. The molecule has 0 aromatic carbocycles. The largest absolute Gasteiger partial charge is 0.464 e. The van der Waals surface area contributed by atoms with Crippen molar-refractivity contribution >= 4 is 5.97 Å². The van der Waals surface area contributed by atoms with Crippen LogP contribution in [-0.4, -0.2) is 55.3 Å². The molecule has 0 N–H and O–H groups in total. The fourth-order valence-corrected chi connectivity index (χ4v) is 3.17. The van der Waals surface area contributed by atoms with Crippen molar-refractivity contribution in [3.8, 4) is 0 Å². The highest BCUT2D eigenvalue weighted by Crippen LogP contribution is 2.34. The minimum Gasteiger partial charge on any atom is -0.464 e. The van der Waals surface area contributed by atoms with Crippen molar-refractivity contribution in [3.63, 3.8) is 0 Å². The topological polar surface area (TPSA) is 57.2 Å². The van der Waals surface area contributed by atoms with Gasteiger partial charge in [0, 0.05) is 19.6 Å². The van der Waals surface area contributed by atoms with E-state index in [1.54, 1.807) is 6.92 Å². The van der Waals surface area contributed by atoms with E-state index in [1.165, 1.54) is 0 Å². The molecule has 114 valence electrons. The van der Waals surface area contributed by atoms with Gasteiger partial charge in [-0.05, 0) is 32.6 Å². The lowest BCUT2D eigenvalue weighted by molar-refractivity contribution is -0.203. The molecule has 0 aromatic rings. The van der Waals surface area contributed by atoms with E-state index in [0.29, 0.717) is 13.0 Å². The fourth-order valence-electron chi connectivity index (χ4n) is 3.17. The van der Waals surface area contributed by atoms with E-state index in [0.717, 1.165) is 38.8 Å². The van der Waals surface area contributed by atoms with E-state index in [9.17, 15) is 4.79 Å². The molecule has 3 saturated heterocycles. The highest BCUT2D eigenvalue weighted by molar-refractivity contribution is 5.75. The molecule has 3 fully saturated rings. The number of fused-ring (bicyclic) bond motifs is 1. The van der Waals surface area contributed by atoms with Gasteiger partial charge in [-0.15, -0.1) is 0 Å². The summed E-state index contributed by atoms with van der Waals surface area (Å²) in [7, 11) is 0. The van der Waals surface area contributed by atoms with Gasteiger partial charge < -0.3 is 14.2 Å². The van der Waals surface area contributed by atoms with Crippen LogP contribution in [0.15, 0.2) is 0 Å². The number of ether oxygens (including phenoxy) is 3. The molecule has 6 heteroatoms. The average molecular weight is 285 g/mol. The van der Waals surface area contributed by atoms with Crippen molar-refractivity contribution in [2.24, 2.45) is 0 Å². The minimum absolute atomic E-state index is 0.0876. The maximum Gasteiger partial charge on any atom is 0.337 e. The van der Waals surface area contributed by atoms with Crippen molar-refractivity contribution in [2.45, 2.75) is 63.6 Å². The second-order valence-corrected chi connectivity index (χ2v) is 5.55. The smallest absolute Gasteiger partial charge is 0.337 e. The third kappa shape index (κ3) is 2.98. The van der Waals surface area contributed by atoms with Gasteiger partial charge in [-0.25, -0.2) is 4.79 Å². The van der Waals surface area contributed by atoms with Crippen molar-refractivity contribution in [1.29, 1.82) is 0 Å². The highest BCUT2D eigenvalue weighted by atomic mass is 16.7. The molecule has 6 nitrogen and oxygen atoms in total. The number of carbonyl (C=O) groups excluding carboxylic acids is 1. The molecule has 0 aromatic heterocycles. The summed E-state index contributed by atoms with van der Waals surface area (Å²) in [6, 6.07) is 0.148. The number of esters is 1. The molecule has 0 radical (unpaired) electrons. The zero-order valence-corrected chi connectivity index (χ0v) is 12.0. The summed E-state index contributed by atoms with van der Waals surface area (Å²) in [5.74, 6) is -0.269. The third-order valence-corrected chi connectivity index (χ3v) is 4.17. The number of rotatable bonds is 4. The Bertz CT molecular complexity index is 344. The van der Waals surface area contributed by atoms with Crippen LogP contribution >= 0.6 is 0 Å². The second-order valence-electron chi connectivity index (χ2n) is 5.55. The molecule has 3 aliphatic rings. The van der Waals surface area contributed by atoms with Gasteiger partial charge in [0.05, 0.1) is 18.8 Å². The van der Waals surface area contributed by atoms with E-state index >= 15 is 0 Å². The maximum atomic E-state index is 11.7. The predicted octanol–water partition coefficient (Wildman–Crippen LogP) is 1.24. The van der Waals surface area contributed by atoms with Gasteiger partial charge >= 0.3 is 5.97 Å². The number of hydrogen-bond donors (Lipinski definition) is 0. The third-order valence-electron chi connectivity index (χ3n) is 4.17. The summed E-state index contributed by atoms with van der Waals surface area (Å²) in [5.41, 5.74) is 0. The van der Waals surface area contributed by atoms with E-state index in [2.05, 4.69) is 0 Å². The molecule has 3 rings (SSSR count). The molecule has 20 heavy (non-hydrogen) atoms. The van der Waals surface area contributed by atoms with Gasteiger partial charge in [-0.1, -0.05) is 0 Å². The van der Waals surface area contributed by atoms with E-state index in [4.69, 9.17) is 19.0 Å². The molecule has 4 atom stereocenters. The Morgan fingerprint density at radius 2 is 2.25 bits per heavy atom. The van der Waals surface area contributed by atoms with Gasteiger partial charge in [0.2, 0.25) is 0 Å². The van der Waals surface area contributed by atoms with Crippen molar-refractivity contribution in [3.05, 3.63) is 0 Å². The first kappa shape index (κ1) is 14.3. The van der Waals surface area contributed by atoms with Crippen LogP contribution in [0.5, 0.6) is 0 Å². The zero-order valence-electron chi connectivity index (χ0n) is 12.0. The van der Waals surface area contributed by atoms with Crippen molar-refractivity contribution in [2.75, 3.05) is 19.8 Å². The van der Waals surface area contributed by atoms with Crippen LogP contribution in [0.1, 0.15) is 39.0 Å². The number of hydroxylamine groups is 2. The molecule has 0 bridgehead atoms. The Morgan fingerprint density at radius 3 is 3.00 bits per heavy atom. The Morgan fingerprint density at radius 1 is 1.35 bits per heavy atom. The van der Waals surface area contributed by atoms with Gasteiger partial charge in [0.15, 0.2) is 12.4 Å². The Kier molecular flexibility index (Phi) is 4.55. The first-order valence-corrected chi connectivity index (χ1v) is 7.65. The summed E-state index contributed by atoms with van der Waals surface area (Å²) < 4.78 is 16.7. The summed E-state index contributed by atoms with van der Waals surface area (Å²) in [4.78, 5) is 17.4. The fraction of sp³-hybridized carbons (Fsp3) is 0.929. The Balaban J connectivity index is 1.53. The van der Waals surface area contributed by atoms with Gasteiger partial charge in [0.25, 0.3) is 0 Å². The molecule has 3 heterocycles. The second kappa shape index (κ2) is 6.39. The summed E-state index contributed by atoms with van der Waals surface area (Å²) in [6.07, 6.45) is 4.36. The SMILES string of the molecule is CCOC(=O)C1C[C@@H]2[C@@H](OC3CCCCO3)CCN2O1. The monoisotopic (exact) mass is 285 g/mol. The van der Waals surface area contributed by atoms with Crippen LogP contribution in [0.4, 0.5) is 0 Å². The molecule has 0 amide bonds.